The van der Waals surface area contributed by atoms with Crippen molar-refractivity contribution >= 4 is 21.7 Å². The highest BCUT2D eigenvalue weighted by molar-refractivity contribution is 6.13. The number of hydrogen-bond donors (Lipinski definition) is 0. The molecule has 0 N–H and O–H groups in total. The van der Waals surface area contributed by atoms with E-state index in [0.717, 1.165) is 35.6 Å². The highest BCUT2D eigenvalue weighted by Crippen LogP contribution is 2.36. The smallest absolute Gasteiger partial charge is 0.119 e. The van der Waals surface area contributed by atoms with Gasteiger partial charge in [0.05, 0.1) is 17.8 Å². The molecular weight excluding hydrogens is 366 g/mol. The summed E-state index contributed by atoms with van der Waals surface area (Å²) in [6.07, 6.45) is 1.00. The Kier molecular flexibility index (Phi) is 4.90. The molecule has 0 aliphatic heterocycles. The second-order valence-electron chi connectivity index (χ2n) is 7.47. The van der Waals surface area contributed by atoms with Crippen LogP contribution in [0.15, 0.2) is 97.1 Å². The van der Waals surface area contributed by atoms with E-state index in [-0.39, 0.29) is 0 Å². The Labute approximate surface area is 176 Å². The van der Waals surface area contributed by atoms with Crippen LogP contribution in [-0.4, -0.2) is 11.6 Å². The van der Waals surface area contributed by atoms with E-state index in [9.17, 15) is 0 Å². The number of hydrogen-bond acceptors (Lipinski definition) is 2. The van der Waals surface area contributed by atoms with Gasteiger partial charge < -0.3 is 4.74 Å². The highest BCUT2D eigenvalue weighted by Gasteiger charge is 2.12. The van der Waals surface area contributed by atoms with Crippen LogP contribution in [0.3, 0.4) is 0 Å². The van der Waals surface area contributed by atoms with Gasteiger partial charge in [-0.3, -0.25) is 0 Å². The number of pyridine rings is 1. The number of benzene rings is 4. The number of aromatic nitrogens is 1. The molecule has 0 bridgehead atoms. The predicted molar refractivity (Wildman–Crippen MR) is 126 cm³/mol. The first kappa shape index (κ1) is 18.4. The number of nitrogens with zero attached hydrogens (tertiary/aromatic N) is 1. The average molecular weight is 389 g/mol. The first-order valence-electron chi connectivity index (χ1n) is 10.4. The molecule has 30 heavy (non-hydrogen) atoms. The lowest BCUT2D eigenvalue weighted by Crippen LogP contribution is -1.95. The number of fused-ring (bicyclic) bond motifs is 3. The van der Waals surface area contributed by atoms with Crippen molar-refractivity contribution in [2.45, 2.75) is 13.3 Å². The standard InChI is InChI=1S/C28H23NO/c1-2-18-30-23-15-12-22(13-16-23)27-19-25(20-8-4-3-5-9-20)28-24-11-7-6-10-21(24)14-17-26(28)29-27/h3-17,19H,2,18H2,1H3. The minimum absolute atomic E-state index is 0.735. The number of ether oxygens (including phenoxy) is 1. The first-order chi connectivity index (χ1) is 14.8. The zero-order valence-electron chi connectivity index (χ0n) is 17.0. The van der Waals surface area contributed by atoms with E-state index in [2.05, 4.69) is 91.9 Å². The summed E-state index contributed by atoms with van der Waals surface area (Å²) in [5.41, 5.74) is 5.48. The molecule has 2 nitrogen and oxygen atoms in total. The third-order valence-corrected chi connectivity index (χ3v) is 5.41. The van der Waals surface area contributed by atoms with Crippen LogP contribution in [0.4, 0.5) is 0 Å². The Balaban J connectivity index is 1.72. The Morgan fingerprint density at radius 3 is 2.30 bits per heavy atom. The lowest BCUT2D eigenvalue weighted by Gasteiger charge is -2.13. The lowest BCUT2D eigenvalue weighted by atomic mass is 9.94. The predicted octanol–water partition coefficient (Wildman–Crippen LogP) is 7.51. The van der Waals surface area contributed by atoms with E-state index in [1.165, 1.54) is 27.3 Å². The quantitative estimate of drug-likeness (QED) is 0.290. The fourth-order valence-electron chi connectivity index (χ4n) is 3.94. The molecule has 0 amide bonds. The van der Waals surface area contributed by atoms with Crippen LogP contribution in [0.1, 0.15) is 13.3 Å². The molecule has 1 aromatic heterocycles. The molecule has 0 fully saturated rings. The fraction of sp³-hybridized carbons (Fsp3) is 0.107. The van der Waals surface area contributed by atoms with Crippen LogP contribution >= 0.6 is 0 Å². The summed E-state index contributed by atoms with van der Waals surface area (Å²) in [6, 6.07) is 33.8. The molecular formula is C28H23NO. The van der Waals surface area contributed by atoms with Gasteiger partial charge in [-0.1, -0.05) is 67.6 Å². The van der Waals surface area contributed by atoms with Crippen LogP contribution in [0.5, 0.6) is 5.75 Å². The van der Waals surface area contributed by atoms with Crippen LogP contribution in [0.25, 0.3) is 44.1 Å². The average Bonchev–Trinajstić information content (AvgIpc) is 2.82. The first-order valence-corrected chi connectivity index (χ1v) is 10.4. The molecule has 0 unspecified atom stereocenters. The Hall–Kier alpha value is -3.65. The van der Waals surface area contributed by atoms with Crippen molar-refractivity contribution in [3.63, 3.8) is 0 Å². The summed E-state index contributed by atoms with van der Waals surface area (Å²) >= 11 is 0. The zero-order chi connectivity index (χ0) is 20.3. The summed E-state index contributed by atoms with van der Waals surface area (Å²) in [7, 11) is 0. The molecule has 0 atom stereocenters. The topological polar surface area (TPSA) is 22.1 Å². The van der Waals surface area contributed by atoms with Crippen LogP contribution in [-0.2, 0) is 0 Å². The van der Waals surface area contributed by atoms with Gasteiger partial charge in [-0.15, -0.1) is 0 Å². The van der Waals surface area contributed by atoms with E-state index in [1.807, 2.05) is 12.1 Å². The van der Waals surface area contributed by atoms with Gasteiger partial charge >= 0.3 is 0 Å². The fourth-order valence-corrected chi connectivity index (χ4v) is 3.94. The minimum atomic E-state index is 0.735. The van der Waals surface area contributed by atoms with Crippen LogP contribution in [0, 0.1) is 0 Å². The molecule has 4 aromatic carbocycles. The maximum absolute atomic E-state index is 5.74. The SMILES string of the molecule is CCCOc1ccc(-c2cc(-c3ccccc3)c3c(ccc4ccccc43)n2)cc1. The van der Waals surface area contributed by atoms with Gasteiger partial charge in [-0.25, -0.2) is 4.98 Å². The normalized spacial score (nSPS) is 11.1. The molecule has 0 aliphatic rings. The van der Waals surface area contributed by atoms with Gasteiger partial charge in [0.25, 0.3) is 0 Å². The van der Waals surface area contributed by atoms with E-state index in [1.54, 1.807) is 0 Å². The summed E-state index contributed by atoms with van der Waals surface area (Å²) < 4.78 is 5.74. The van der Waals surface area contributed by atoms with Crippen molar-refractivity contribution in [2.24, 2.45) is 0 Å². The van der Waals surface area contributed by atoms with Gasteiger partial charge in [-0.05, 0) is 64.7 Å². The van der Waals surface area contributed by atoms with Gasteiger partial charge in [0.2, 0.25) is 0 Å². The van der Waals surface area contributed by atoms with E-state index in [4.69, 9.17) is 9.72 Å². The maximum atomic E-state index is 5.74. The van der Waals surface area contributed by atoms with E-state index >= 15 is 0 Å². The molecule has 146 valence electrons. The molecule has 0 saturated heterocycles. The van der Waals surface area contributed by atoms with Crippen molar-refractivity contribution in [2.75, 3.05) is 6.61 Å². The molecule has 5 rings (SSSR count). The van der Waals surface area contributed by atoms with Crippen LogP contribution in [0.2, 0.25) is 0 Å². The molecule has 2 heteroatoms. The lowest BCUT2D eigenvalue weighted by molar-refractivity contribution is 0.317. The van der Waals surface area contributed by atoms with E-state index < -0.39 is 0 Å². The maximum Gasteiger partial charge on any atom is 0.119 e. The van der Waals surface area contributed by atoms with Crippen molar-refractivity contribution in [1.29, 1.82) is 0 Å². The monoisotopic (exact) mass is 389 g/mol. The van der Waals surface area contributed by atoms with Crippen molar-refractivity contribution in [3.8, 4) is 28.1 Å². The highest BCUT2D eigenvalue weighted by atomic mass is 16.5. The Morgan fingerprint density at radius 1 is 0.733 bits per heavy atom. The second kappa shape index (κ2) is 8.00. The Morgan fingerprint density at radius 2 is 1.50 bits per heavy atom. The molecule has 0 saturated carbocycles. The number of rotatable bonds is 5. The molecule has 1 heterocycles. The third kappa shape index (κ3) is 3.42. The molecule has 0 aliphatic carbocycles. The summed E-state index contributed by atoms with van der Waals surface area (Å²) in [5.74, 6) is 0.899. The zero-order valence-corrected chi connectivity index (χ0v) is 17.0. The minimum Gasteiger partial charge on any atom is -0.494 e. The van der Waals surface area contributed by atoms with Gasteiger partial charge in [0, 0.05) is 10.9 Å². The summed E-state index contributed by atoms with van der Waals surface area (Å²) in [5, 5.41) is 3.66. The van der Waals surface area contributed by atoms with Crippen molar-refractivity contribution in [1.82, 2.24) is 4.98 Å². The van der Waals surface area contributed by atoms with Crippen molar-refractivity contribution < 1.29 is 4.74 Å². The van der Waals surface area contributed by atoms with Crippen LogP contribution < -0.4 is 4.74 Å². The Bertz CT molecular complexity index is 1310. The summed E-state index contributed by atoms with van der Waals surface area (Å²) in [4.78, 5) is 5.03. The molecule has 0 radical (unpaired) electrons. The molecule has 5 aromatic rings. The third-order valence-electron chi connectivity index (χ3n) is 5.41. The summed E-state index contributed by atoms with van der Waals surface area (Å²) in [6.45, 7) is 2.85. The second-order valence-corrected chi connectivity index (χ2v) is 7.47. The van der Waals surface area contributed by atoms with Gasteiger partial charge in [-0.2, -0.15) is 0 Å². The van der Waals surface area contributed by atoms with Crippen molar-refractivity contribution in [3.05, 3.63) is 97.1 Å². The van der Waals surface area contributed by atoms with Gasteiger partial charge in [0.1, 0.15) is 5.75 Å². The van der Waals surface area contributed by atoms with Gasteiger partial charge in [0.15, 0.2) is 0 Å². The van der Waals surface area contributed by atoms with E-state index in [0.29, 0.717) is 0 Å². The molecule has 0 spiro atoms. The largest absolute Gasteiger partial charge is 0.494 e.